The van der Waals surface area contributed by atoms with E-state index in [-0.39, 0.29) is 11.3 Å². The predicted octanol–water partition coefficient (Wildman–Crippen LogP) is 8.04. The Kier molecular flexibility index (Phi) is 7.52. The molecule has 2 aliphatic heterocycles. The van der Waals surface area contributed by atoms with Crippen molar-refractivity contribution in [2.75, 3.05) is 19.6 Å². The topological polar surface area (TPSA) is 23.6 Å². The van der Waals surface area contributed by atoms with Crippen molar-refractivity contribution in [3.8, 4) is 11.1 Å². The summed E-state index contributed by atoms with van der Waals surface area (Å²) in [7, 11) is 0. The molecule has 0 aromatic heterocycles. The Bertz CT molecular complexity index is 1540. The third kappa shape index (κ3) is 5.01. The molecule has 0 spiro atoms. The Morgan fingerprint density at radius 1 is 0.714 bits per heavy atom. The van der Waals surface area contributed by atoms with Gasteiger partial charge in [-0.2, -0.15) is 0 Å². The van der Waals surface area contributed by atoms with Crippen molar-refractivity contribution >= 4 is 5.91 Å². The molecule has 4 aromatic carbocycles. The van der Waals surface area contributed by atoms with E-state index in [2.05, 4.69) is 107 Å². The molecule has 7 rings (SSSR count). The smallest absolute Gasteiger partial charge is 0.254 e. The number of rotatable bonds is 9. The number of allylic oxidation sites excluding steroid dienone is 1. The summed E-state index contributed by atoms with van der Waals surface area (Å²) in [5.41, 5.74) is 9.30. The van der Waals surface area contributed by atoms with Crippen molar-refractivity contribution in [2.24, 2.45) is 0 Å². The minimum absolute atomic E-state index is 0.0105. The minimum Gasteiger partial charge on any atom is -0.331 e. The van der Waals surface area contributed by atoms with Crippen molar-refractivity contribution < 1.29 is 4.79 Å². The maximum atomic E-state index is 13.0. The molecule has 1 amide bonds. The molecular weight excluding hydrogens is 512 g/mol. The number of amides is 1. The van der Waals surface area contributed by atoms with Gasteiger partial charge in [0.15, 0.2) is 0 Å². The number of hydrogen-bond donors (Lipinski definition) is 0. The molecule has 0 radical (unpaired) electrons. The Morgan fingerprint density at radius 2 is 1.33 bits per heavy atom. The second kappa shape index (κ2) is 11.7. The number of fused-ring (bicyclic) bond motifs is 4. The Balaban J connectivity index is 1.02. The first kappa shape index (κ1) is 26.9. The molecule has 1 saturated heterocycles. The molecule has 3 nitrogen and oxygen atoms in total. The summed E-state index contributed by atoms with van der Waals surface area (Å²) in [6.07, 6.45) is 11.4. The van der Waals surface area contributed by atoms with E-state index in [1.54, 1.807) is 0 Å². The number of benzene rings is 4. The van der Waals surface area contributed by atoms with Crippen LogP contribution in [-0.2, 0) is 18.4 Å². The molecule has 0 unspecified atom stereocenters. The molecule has 1 fully saturated rings. The highest BCUT2D eigenvalue weighted by atomic mass is 16.2. The number of carbonyl (C=O) groups excluding carboxylic acids is 1. The highest BCUT2D eigenvalue weighted by Gasteiger charge is 2.41. The highest BCUT2D eigenvalue weighted by Crippen LogP contribution is 2.53. The maximum Gasteiger partial charge on any atom is 0.254 e. The summed E-state index contributed by atoms with van der Waals surface area (Å²) in [5.74, 6) is 0.221. The lowest BCUT2D eigenvalue weighted by atomic mass is 9.71. The van der Waals surface area contributed by atoms with Crippen LogP contribution in [0, 0.1) is 0 Å². The zero-order valence-corrected chi connectivity index (χ0v) is 24.4. The summed E-state index contributed by atoms with van der Waals surface area (Å²) < 4.78 is 0. The van der Waals surface area contributed by atoms with Crippen LogP contribution >= 0.6 is 0 Å². The van der Waals surface area contributed by atoms with Gasteiger partial charge in [-0.25, -0.2) is 0 Å². The average Bonchev–Trinajstić information content (AvgIpc) is 3.53. The Morgan fingerprint density at radius 3 is 2.02 bits per heavy atom. The minimum atomic E-state index is 0.0105. The van der Waals surface area contributed by atoms with Crippen LogP contribution in [0.4, 0.5) is 0 Å². The normalized spacial score (nSPS) is 17.9. The van der Waals surface area contributed by atoms with Crippen molar-refractivity contribution in [3.63, 3.8) is 0 Å². The quantitative estimate of drug-likeness (QED) is 0.196. The Hall–Kier alpha value is -3.95. The summed E-state index contributed by atoms with van der Waals surface area (Å²) in [5, 5.41) is 0. The second-order valence-electron chi connectivity index (χ2n) is 12.3. The fourth-order valence-corrected chi connectivity index (χ4v) is 7.74. The van der Waals surface area contributed by atoms with Gasteiger partial charge in [0.05, 0.1) is 0 Å². The summed E-state index contributed by atoms with van der Waals surface area (Å²) in [6.45, 7) is 3.84. The van der Waals surface area contributed by atoms with Gasteiger partial charge in [-0.15, -0.1) is 0 Å². The summed E-state index contributed by atoms with van der Waals surface area (Å²) in [6, 6.07) is 37.5. The molecule has 4 aromatic rings. The molecule has 3 heteroatoms. The average molecular weight is 553 g/mol. The molecule has 0 bridgehead atoms. The lowest BCUT2D eigenvalue weighted by Crippen LogP contribution is -2.45. The van der Waals surface area contributed by atoms with Crippen LogP contribution in [0.25, 0.3) is 11.1 Å². The molecule has 42 heavy (non-hydrogen) atoms. The van der Waals surface area contributed by atoms with Gasteiger partial charge in [0.1, 0.15) is 0 Å². The van der Waals surface area contributed by atoms with Crippen molar-refractivity contribution in [3.05, 3.63) is 143 Å². The van der Waals surface area contributed by atoms with Gasteiger partial charge in [0.2, 0.25) is 0 Å². The van der Waals surface area contributed by atoms with E-state index in [0.717, 1.165) is 70.3 Å². The number of hydrogen-bond acceptors (Lipinski definition) is 2. The monoisotopic (exact) mass is 552 g/mol. The van der Waals surface area contributed by atoms with Gasteiger partial charge < -0.3 is 4.90 Å². The van der Waals surface area contributed by atoms with Crippen LogP contribution in [0.2, 0.25) is 0 Å². The largest absolute Gasteiger partial charge is 0.331 e. The highest BCUT2D eigenvalue weighted by molar-refractivity contribution is 5.98. The van der Waals surface area contributed by atoms with Gasteiger partial charge in [0, 0.05) is 43.2 Å². The van der Waals surface area contributed by atoms with E-state index in [4.69, 9.17) is 0 Å². The molecule has 212 valence electrons. The lowest BCUT2D eigenvalue weighted by Gasteiger charge is -2.36. The summed E-state index contributed by atoms with van der Waals surface area (Å²) in [4.78, 5) is 17.6. The number of nitrogens with zero attached hydrogens (tertiary/aromatic N) is 2. The fourth-order valence-electron chi connectivity index (χ4n) is 7.74. The number of piperidine rings is 1. The standard InChI is InChI=1S/C39H40N2O/c42-38-33-17-5-4-16-31(33)29-41(38)32-22-27-40(28-23-32)26-11-10-24-39(25-12-15-30-13-2-1-3-14-30)36-20-8-6-18-34(36)35-19-7-9-21-37(35)39/h1-11,13-14,16-21,32H,12,15,22-29H2/b11-10+. The molecule has 2 heterocycles. The van der Waals surface area contributed by atoms with Gasteiger partial charge >= 0.3 is 0 Å². The van der Waals surface area contributed by atoms with Crippen LogP contribution in [0.1, 0.15) is 64.7 Å². The molecule has 0 atom stereocenters. The van der Waals surface area contributed by atoms with Crippen LogP contribution in [0.3, 0.4) is 0 Å². The SMILES string of the molecule is O=C1c2ccccc2CN1C1CCN(C/C=C/CC2(CCCc3ccccc3)c3ccccc3-c3ccccc32)CC1. The van der Waals surface area contributed by atoms with Crippen LogP contribution in [0.5, 0.6) is 0 Å². The van der Waals surface area contributed by atoms with E-state index >= 15 is 0 Å². The third-order valence-corrected chi connectivity index (χ3v) is 9.93. The van der Waals surface area contributed by atoms with E-state index < -0.39 is 0 Å². The van der Waals surface area contributed by atoms with Crippen LogP contribution in [-0.4, -0.2) is 41.4 Å². The number of aryl methyl sites for hydroxylation is 1. The first-order valence-corrected chi connectivity index (χ1v) is 15.7. The zero-order chi connectivity index (χ0) is 28.4. The van der Waals surface area contributed by atoms with E-state index in [9.17, 15) is 4.79 Å². The van der Waals surface area contributed by atoms with Gasteiger partial charge in [0.25, 0.3) is 5.91 Å². The number of carbonyl (C=O) groups is 1. The predicted molar refractivity (Wildman–Crippen MR) is 172 cm³/mol. The molecule has 0 saturated carbocycles. The number of likely N-dealkylation sites (tertiary alicyclic amines) is 1. The first-order valence-electron chi connectivity index (χ1n) is 15.7. The van der Waals surface area contributed by atoms with Crippen LogP contribution in [0.15, 0.2) is 115 Å². The summed E-state index contributed by atoms with van der Waals surface area (Å²) >= 11 is 0. The lowest BCUT2D eigenvalue weighted by molar-refractivity contribution is 0.0607. The molecule has 1 aliphatic carbocycles. The van der Waals surface area contributed by atoms with Crippen molar-refractivity contribution in [1.29, 1.82) is 0 Å². The third-order valence-electron chi connectivity index (χ3n) is 9.93. The first-order chi connectivity index (χ1) is 20.7. The zero-order valence-electron chi connectivity index (χ0n) is 24.4. The van der Waals surface area contributed by atoms with Crippen LogP contribution < -0.4 is 0 Å². The molecule has 3 aliphatic rings. The second-order valence-corrected chi connectivity index (χ2v) is 12.3. The van der Waals surface area contributed by atoms with Gasteiger partial charge in [-0.1, -0.05) is 109 Å². The molecular formula is C39H40N2O. The van der Waals surface area contributed by atoms with E-state index in [1.807, 2.05) is 18.2 Å². The Labute approximate surface area is 250 Å². The van der Waals surface area contributed by atoms with E-state index in [0.29, 0.717) is 6.04 Å². The fraction of sp³-hybridized carbons (Fsp3) is 0.308. The molecule has 0 N–H and O–H groups in total. The van der Waals surface area contributed by atoms with Crippen molar-refractivity contribution in [2.45, 2.75) is 56.5 Å². The van der Waals surface area contributed by atoms with Gasteiger partial charge in [-0.05, 0) is 78.0 Å². The van der Waals surface area contributed by atoms with E-state index in [1.165, 1.54) is 33.4 Å². The maximum absolute atomic E-state index is 13.0. The van der Waals surface area contributed by atoms with Gasteiger partial charge in [-0.3, -0.25) is 9.69 Å². The van der Waals surface area contributed by atoms with Crippen molar-refractivity contribution in [1.82, 2.24) is 9.80 Å².